The Balaban J connectivity index is 2.03. The lowest BCUT2D eigenvalue weighted by atomic mass is 10.1. The molecule has 1 aliphatic heterocycles. The van der Waals surface area contributed by atoms with Crippen molar-refractivity contribution < 1.29 is 0 Å². The van der Waals surface area contributed by atoms with Crippen molar-refractivity contribution in [2.75, 3.05) is 43.4 Å². The molecule has 1 aromatic carbocycles. The SMILES string of the molecule is CCCN1CCN(c2cccc(N)c2C)CC1. The molecular formula is C14H23N3. The van der Waals surface area contributed by atoms with Gasteiger partial charge in [0.05, 0.1) is 0 Å². The van der Waals surface area contributed by atoms with Crippen molar-refractivity contribution in [3.8, 4) is 0 Å². The monoisotopic (exact) mass is 233 g/mol. The molecule has 0 unspecified atom stereocenters. The highest BCUT2D eigenvalue weighted by Gasteiger charge is 2.17. The minimum absolute atomic E-state index is 0.901. The van der Waals surface area contributed by atoms with Crippen LogP contribution in [0, 0.1) is 6.92 Å². The summed E-state index contributed by atoms with van der Waals surface area (Å²) in [6.07, 6.45) is 1.25. The lowest BCUT2D eigenvalue weighted by Crippen LogP contribution is -2.46. The fraction of sp³-hybridized carbons (Fsp3) is 0.571. The lowest BCUT2D eigenvalue weighted by molar-refractivity contribution is 0.258. The van der Waals surface area contributed by atoms with Crippen LogP contribution in [-0.2, 0) is 0 Å². The first-order valence-corrected chi connectivity index (χ1v) is 6.54. The number of nitrogen functional groups attached to an aromatic ring is 1. The number of hydrogen-bond acceptors (Lipinski definition) is 3. The zero-order valence-corrected chi connectivity index (χ0v) is 10.9. The smallest absolute Gasteiger partial charge is 0.0417 e. The second-order valence-corrected chi connectivity index (χ2v) is 4.82. The van der Waals surface area contributed by atoms with Gasteiger partial charge in [-0.3, -0.25) is 4.90 Å². The summed E-state index contributed by atoms with van der Waals surface area (Å²) in [6, 6.07) is 6.21. The number of benzene rings is 1. The lowest BCUT2D eigenvalue weighted by Gasteiger charge is -2.36. The van der Waals surface area contributed by atoms with E-state index in [0.29, 0.717) is 0 Å². The molecule has 94 valence electrons. The third kappa shape index (κ3) is 2.72. The molecule has 0 spiro atoms. The molecule has 17 heavy (non-hydrogen) atoms. The first kappa shape index (κ1) is 12.2. The molecule has 1 heterocycles. The Labute approximate surface area is 104 Å². The molecule has 0 radical (unpaired) electrons. The highest BCUT2D eigenvalue weighted by molar-refractivity contribution is 5.64. The molecule has 3 nitrogen and oxygen atoms in total. The van der Waals surface area contributed by atoms with Crippen LogP contribution in [0.25, 0.3) is 0 Å². The molecule has 0 amide bonds. The summed E-state index contributed by atoms with van der Waals surface area (Å²) in [4.78, 5) is 5.00. The average molecular weight is 233 g/mol. The van der Waals surface area contributed by atoms with Crippen LogP contribution < -0.4 is 10.6 Å². The van der Waals surface area contributed by atoms with E-state index < -0.39 is 0 Å². The summed E-state index contributed by atoms with van der Waals surface area (Å²) in [7, 11) is 0. The number of piperazine rings is 1. The Morgan fingerprint density at radius 1 is 1.18 bits per heavy atom. The maximum atomic E-state index is 5.97. The van der Waals surface area contributed by atoms with Crippen molar-refractivity contribution in [3.05, 3.63) is 23.8 Å². The van der Waals surface area contributed by atoms with Gasteiger partial charge >= 0.3 is 0 Å². The molecule has 0 atom stereocenters. The normalized spacial score (nSPS) is 17.4. The number of nitrogens with zero attached hydrogens (tertiary/aromatic N) is 2. The second-order valence-electron chi connectivity index (χ2n) is 4.82. The van der Waals surface area contributed by atoms with Crippen molar-refractivity contribution in [3.63, 3.8) is 0 Å². The van der Waals surface area contributed by atoms with E-state index in [2.05, 4.69) is 35.8 Å². The first-order valence-electron chi connectivity index (χ1n) is 6.54. The van der Waals surface area contributed by atoms with Gasteiger partial charge in [-0.1, -0.05) is 13.0 Å². The van der Waals surface area contributed by atoms with Crippen LogP contribution in [0.5, 0.6) is 0 Å². The van der Waals surface area contributed by atoms with Gasteiger partial charge in [0.2, 0.25) is 0 Å². The topological polar surface area (TPSA) is 32.5 Å². The van der Waals surface area contributed by atoms with Crippen molar-refractivity contribution >= 4 is 11.4 Å². The van der Waals surface area contributed by atoms with Crippen LogP contribution in [0.3, 0.4) is 0 Å². The Kier molecular flexibility index (Phi) is 3.89. The van der Waals surface area contributed by atoms with E-state index in [-0.39, 0.29) is 0 Å². The Morgan fingerprint density at radius 2 is 1.88 bits per heavy atom. The van der Waals surface area contributed by atoms with Crippen LogP contribution in [0.2, 0.25) is 0 Å². The summed E-state index contributed by atoms with van der Waals surface area (Å²) < 4.78 is 0. The standard InChI is InChI=1S/C14H23N3/c1-3-7-16-8-10-17(11-9-16)14-6-4-5-13(15)12(14)2/h4-6H,3,7-11,15H2,1-2H3. The molecule has 0 aliphatic carbocycles. The summed E-state index contributed by atoms with van der Waals surface area (Å²) in [5.74, 6) is 0. The summed E-state index contributed by atoms with van der Waals surface area (Å²) in [6.45, 7) is 10.2. The predicted octanol–water partition coefficient (Wildman–Crippen LogP) is 2.11. The molecule has 2 N–H and O–H groups in total. The summed E-state index contributed by atoms with van der Waals surface area (Å²) in [5.41, 5.74) is 9.39. The van der Waals surface area contributed by atoms with Crippen molar-refractivity contribution in [2.45, 2.75) is 20.3 Å². The molecule has 0 saturated carbocycles. The number of hydrogen-bond donors (Lipinski definition) is 1. The number of nitrogens with two attached hydrogens (primary N) is 1. The predicted molar refractivity (Wildman–Crippen MR) is 74.5 cm³/mol. The maximum Gasteiger partial charge on any atom is 0.0417 e. The summed E-state index contributed by atoms with van der Waals surface area (Å²) >= 11 is 0. The molecule has 0 aromatic heterocycles. The molecule has 1 aliphatic rings. The van der Waals surface area contributed by atoms with Crippen LogP contribution in [0.1, 0.15) is 18.9 Å². The first-order chi connectivity index (χ1) is 8.22. The van der Waals surface area contributed by atoms with Crippen LogP contribution in [-0.4, -0.2) is 37.6 Å². The summed E-state index contributed by atoms with van der Waals surface area (Å²) in [5, 5.41) is 0. The molecule has 2 rings (SSSR count). The fourth-order valence-corrected chi connectivity index (χ4v) is 2.51. The highest BCUT2D eigenvalue weighted by Crippen LogP contribution is 2.25. The highest BCUT2D eigenvalue weighted by atomic mass is 15.3. The average Bonchev–Trinajstić information content (AvgIpc) is 2.34. The molecule has 3 heteroatoms. The molecule has 0 bridgehead atoms. The van der Waals surface area contributed by atoms with Gasteiger partial charge in [-0.05, 0) is 37.6 Å². The minimum Gasteiger partial charge on any atom is -0.398 e. The van der Waals surface area contributed by atoms with Crippen LogP contribution >= 0.6 is 0 Å². The third-order valence-corrected chi connectivity index (χ3v) is 3.60. The largest absolute Gasteiger partial charge is 0.398 e. The van der Waals surface area contributed by atoms with Gasteiger partial charge in [-0.15, -0.1) is 0 Å². The van der Waals surface area contributed by atoms with Gasteiger partial charge in [0.25, 0.3) is 0 Å². The van der Waals surface area contributed by atoms with Gasteiger partial charge in [-0.2, -0.15) is 0 Å². The Bertz CT molecular complexity index is 368. The Hall–Kier alpha value is -1.22. The van der Waals surface area contributed by atoms with Gasteiger partial charge in [0.15, 0.2) is 0 Å². The molecule has 1 fully saturated rings. The van der Waals surface area contributed by atoms with Crippen LogP contribution in [0.15, 0.2) is 18.2 Å². The van der Waals surface area contributed by atoms with E-state index >= 15 is 0 Å². The van der Waals surface area contributed by atoms with Gasteiger partial charge < -0.3 is 10.6 Å². The van der Waals surface area contributed by atoms with Gasteiger partial charge in [0, 0.05) is 37.6 Å². The van der Waals surface area contributed by atoms with E-state index in [4.69, 9.17) is 5.73 Å². The molecule has 1 aromatic rings. The van der Waals surface area contributed by atoms with Crippen LogP contribution in [0.4, 0.5) is 11.4 Å². The minimum atomic E-state index is 0.901. The third-order valence-electron chi connectivity index (χ3n) is 3.60. The van der Waals surface area contributed by atoms with Gasteiger partial charge in [-0.25, -0.2) is 0 Å². The maximum absolute atomic E-state index is 5.97. The molecule has 1 saturated heterocycles. The number of rotatable bonds is 3. The van der Waals surface area contributed by atoms with E-state index in [9.17, 15) is 0 Å². The van der Waals surface area contributed by atoms with Crippen molar-refractivity contribution in [2.24, 2.45) is 0 Å². The van der Waals surface area contributed by atoms with E-state index in [1.54, 1.807) is 0 Å². The Morgan fingerprint density at radius 3 is 2.53 bits per heavy atom. The zero-order chi connectivity index (χ0) is 12.3. The second kappa shape index (κ2) is 5.41. The van der Waals surface area contributed by atoms with E-state index in [0.717, 1.165) is 18.8 Å². The van der Waals surface area contributed by atoms with Crippen molar-refractivity contribution in [1.29, 1.82) is 0 Å². The van der Waals surface area contributed by atoms with Gasteiger partial charge in [0.1, 0.15) is 0 Å². The zero-order valence-electron chi connectivity index (χ0n) is 10.9. The molecular weight excluding hydrogens is 210 g/mol. The van der Waals surface area contributed by atoms with Crippen molar-refractivity contribution in [1.82, 2.24) is 4.90 Å². The van der Waals surface area contributed by atoms with E-state index in [1.807, 2.05) is 6.07 Å². The number of anilines is 2. The quantitative estimate of drug-likeness (QED) is 0.812. The van der Waals surface area contributed by atoms with E-state index in [1.165, 1.54) is 37.3 Å². The fourth-order valence-electron chi connectivity index (χ4n) is 2.51.